The van der Waals surface area contributed by atoms with Crippen LogP contribution in [0.15, 0.2) is 18.2 Å². The number of aryl methyl sites for hydroxylation is 1. The predicted octanol–water partition coefficient (Wildman–Crippen LogP) is 1.80. The third-order valence-electron chi connectivity index (χ3n) is 3.32. The summed E-state index contributed by atoms with van der Waals surface area (Å²) < 4.78 is 10.7. The lowest BCUT2D eigenvalue weighted by atomic mass is 9.97. The van der Waals surface area contributed by atoms with Crippen molar-refractivity contribution < 1.29 is 9.47 Å². The van der Waals surface area contributed by atoms with E-state index in [0.717, 1.165) is 25.5 Å². The molecule has 3 nitrogen and oxygen atoms in total. The number of ether oxygens (including phenoxy) is 2. The van der Waals surface area contributed by atoms with E-state index in [1.165, 1.54) is 17.7 Å². The van der Waals surface area contributed by atoms with E-state index in [1.54, 1.807) is 7.11 Å². The molecule has 15 heavy (non-hydrogen) atoms. The van der Waals surface area contributed by atoms with Gasteiger partial charge in [-0.1, -0.05) is 0 Å². The van der Waals surface area contributed by atoms with Gasteiger partial charge in [-0.2, -0.15) is 0 Å². The van der Waals surface area contributed by atoms with Crippen molar-refractivity contribution in [1.82, 2.24) is 0 Å². The quantitative estimate of drug-likeness (QED) is 0.698. The fourth-order valence-electron chi connectivity index (χ4n) is 2.48. The Kier molecular flexibility index (Phi) is 2.06. The number of anilines is 1. The molecule has 1 unspecified atom stereocenters. The summed E-state index contributed by atoms with van der Waals surface area (Å²) in [6.07, 6.45) is 2.33. The molecular weight excluding hydrogens is 190 g/mol. The lowest BCUT2D eigenvalue weighted by molar-refractivity contribution is 0.193. The third kappa shape index (κ3) is 1.38. The van der Waals surface area contributed by atoms with Crippen LogP contribution in [0.25, 0.3) is 0 Å². The molecule has 2 aliphatic rings. The molecule has 0 aliphatic carbocycles. The first kappa shape index (κ1) is 9.04. The van der Waals surface area contributed by atoms with Crippen LogP contribution in [0.3, 0.4) is 0 Å². The van der Waals surface area contributed by atoms with Crippen LogP contribution >= 0.6 is 0 Å². The number of fused-ring (bicyclic) bond motifs is 3. The summed E-state index contributed by atoms with van der Waals surface area (Å²) in [6.45, 7) is 1.62. The molecule has 1 aromatic carbocycles. The molecule has 1 fully saturated rings. The maximum atomic E-state index is 5.50. The normalized spacial score (nSPS) is 23.5. The van der Waals surface area contributed by atoms with Gasteiger partial charge in [-0.05, 0) is 36.6 Å². The first-order valence-electron chi connectivity index (χ1n) is 5.40. The summed E-state index contributed by atoms with van der Waals surface area (Å²) in [6, 6.07) is 6.91. The molecule has 1 saturated heterocycles. The first-order valence-corrected chi connectivity index (χ1v) is 5.40. The Morgan fingerprint density at radius 1 is 1.47 bits per heavy atom. The topological polar surface area (TPSA) is 21.7 Å². The number of rotatable bonds is 1. The summed E-state index contributed by atoms with van der Waals surface area (Å²) in [5.74, 6) is 0.951. The number of nitrogens with zero attached hydrogens (tertiary/aromatic N) is 1. The Bertz CT molecular complexity index is 378. The van der Waals surface area contributed by atoms with E-state index in [0.29, 0.717) is 6.04 Å². The standard InChI is InChI=1S/C12H15NO2/c1-14-11-4-5-12-9(6-11)2-3-10-7-15-8-13(10)12/h4-6,10H,2-3,7-8H2,1H3. The van der Waals surface area contributed by atoms with Crippen molar-refractivity contribution in [1.29, 1.82) is 0 Å². The molecule has 3 heteroatoms. The minimum atomic E-state index is 0.589. The van der Waals surface area contributed by atoms with E-state index in [9.17, 15) is 0 Å². The van der Waals surface area contributed by atoms with Crippen LogP contribution in [0.1, 0.15) is 12.0 Å². The van der Waals surface area contributed by atoms with Gasteiger partial charge in [0.05, 0.1) is 19.8 Å². The van der Waals surface area contributed by atoms with E-state index in [2.05, 4.69) is 17.0 Å². The fourth-order valence-corrected chi connectivity index (χ4v) is 2.48. The zero-order valence-corrected chi connectivity index (χ0v) is 8.90. The molecule has 2 heterocycles. The molecule has 1 aromatic rings. The molecule has 0 radical (unpaired) electrons. The average Bonchev–Trinajstić information content (AvgIpc) is 2.76. The molecule has 0 bridgehead atoms. The maximum Gasteiger partial charge on any atom is 0.119 e. The molecule has 0 aromatic heterocycles. The second-order valence-electron chi connectivity index (χ2n) is 4.16. The second-order valence-corrected chi connectivity index (χ2v) is 4.16. The van der Waals surface area contributed by atoms with Gasteiger partial charge in [-0.25, -0.2) is 0 Å². The summed E-state index contributed by atoms with van der Waals surface area (Å²) in [5.41, 5.74) is 2.71. The average molecular weight is 205 g/mol. The molecular formula is C12H15NO2. The Morgan fingerprint density at radius 2 is 2.40 bits per heavy atom. The van der Waals surface area contributed by atoms with Gasteiger partial charge in [0.2, 0.25) is 0 Å². The van der Waals surface area contributed by atoms with Crippen LogP contribution in [0.2, 0.25) is 0 Å². The van der Waals surface area contributed by atoms with Crippen molar-refractivity contribution >= 4 is 5.69 Å². The largest absolute Gasteiger partial charge is 0.497 e. The molecule has 0 spiro atoms. The molecule has 0 amide bonds. The van der Waals surface area contributed by atoms with Crippen LogP contribution in [-0.4, -0.2) is 26.5 Å². The fraction of sp³-hybridized carbons (Fsp3) is 0.500. The van der Waals surface area contributed by atoms with Crippen molar-refractivity contribution in [3.63, 3.8) is 0 Å². The molecule has 2 aliphatic heterocycles. The van der Waals surface area contributed by atoms with Crippen LogP contribution in [0, 0.1) is 0 Å². The lowest BCUT2D eigenvalue weighted by Crippen LogP contribution is -2.35. The molecule has 0 saturated carbocycles. The second kappa shape index (κ2) is 3.42. The number of hydrogen-bond donors (Lipinski definition) is 0. The Morgan fingerprint density at radius 3 is 3.27 bits per heavy atom. The van der Waals surface area contributed by atoms with E-state index in [-0.39, 0.29) is 0 Å². The van der Waals surface area contributed by atoms with E-state index >= 15 is 0 Å². The summed E-state index contributed by atoms with van der Waals surface area (Å²) in [5, 5.41) is 0. The van der Waals surface area contributed by atoms with E-state index in [4.69, 9.17) is 9.47 Å². The van der Waals surface area contributed by atoms with Crippen LogP contribution in [-0.2, 0) is 11.2 Å². The number of methoxy groups -OCH3 is 1. The van der Waals surface area contributed by atoms with Gasteiger partial charge in [-0.15, -0.1) is 0 Å². The Hall–Kier alpha value is -1.22. The van der Waals surface area contributed by atoms with Crippen LogP contribution < -0.4 is 9.64 Å². The molecule has 0 N–H and O–H groups in total. The van der Waals surface area contributed by atoms with Gasteiger partial charge in [0.25, 0.3) is 0 Å². The summed E-state index contributed by atoms with van der Waals surface area (Å²) in [7, 11) is 1.71. The number of benzene rings is 1. The minimum Gasteiger partial charge on any atom is -0.497 e. The van der Waals surface area contributed by atoms with Gasteiger partial charge in [0.15, 0.2) is 0 Å². The summed E-state index contributed by atoms with van der Waals surface area (Å²) in [4.78, 5) is 2.36. The van der Waals surface area contributed by atoms with Crippen molar-refractivity contribution in [2.24, 2.45) is 0 Å². The van der Waals surface area contributed by atoms with Crippen LogP contribution in [0.5, 0.6) is 5.75 Å². The van der Waals surface area contributed by atoms with Gasteiger partial charge < -0.3 is 14.4 Å². The van der Waals surface area contributed by atoms with Crippen molar-refractivity contribution in [3.05, 3.63) is 23.8 Å². The third-order valence-corrected chi connectivity index (χ3v) is 3.32. The maximum absolute atomic E-state index is 5.50. The summed E-state index contributed by atoms with van der Waals surface area (Å²) >= 11 is 0. The predicted molar refractivity (Wildman–Crippen MR) is 58.4 cm³/mol. The highest BCUT2D eigenvalue weighted by Crippen LogP contribution is 2.35. The van der Waals surface area contributed by atoms with Gasteiger partial charge >= 0.3 is 0 Å². The van der Waals surface area contributed by atoms with Gasteiger partial charge in [-0.3, -0.25) is 0 Å². The van der Waals surface area contributed by atoms with E-state index in [1.807, 2.05) is 6.07 Å². The first-order chi connectivity index (χ1) is 7.38. The molecule has 1 atom stereocenters. The minimum absolute atomic E-state index is 0.589. The highest BCUT2D eigenvalue weighted by atomic mass is 16.5. The SMILES string of the molecule is COc1ccc2c(c1)CCC1COCN21. The highest BCUT2D eigenvalue weighted by molar-refractivity contribution is 5.59. The van der Waals surface area contributed by atoms with Crippen molar-refractivity contribution in [2.45, 2.75) is 18.9 Å². The Balaban J connectivity index is 2.00. The molecule has 3 rings (SSSR count). The highest BCUT2D eigenvalue weighted by Gasteiger charge is 2.30. The lowest BCUT2D eigenvalue weighted by Gasteiger charge is -2.31. The van der Waals surface area contributed by atoms with Gasteiger partial charge in [0.1, 0.15) is 12.5 Å². The number of hydrogen-bond acceptors (Lipinski definition) is 3. The Labute approximate surface area is 89.6 Å². The van der Waals surface area contributed by atoms with E-state index < -0.39 is 0 Å². The van der Waals surface area contributed by atoms with Crippen molar-refractivity contribution in [2.75, 3.05) is 25.3 Å². The molecule has 80 valence electrons. The van der Waals surface area contributed by atoms with Gasteiger partial charge in [0, 0.05) is 5.69 Å². The smallest absolute Gasteiger partial charge is 0.119 e. The van der Waals surface area contributed by atoms with Crippen LogP contribution in [0.4, 0.5) is 5.69 Å². The zero-order chi connectivity index (χ0) is 10.3. The zero-order valence-electron chi connectivity index (χ0n) is 8.90. The monoisotopic (exact) mass is 205 g/mol. The van der Waals surface area contributed by atoms with Crippen molar-refractivity contribution in [3.8, 4) is 5.75 Å².